The largest absolute Gasteiger partial charge is 0.493 e. The summed E-state index contributed by atoms with van der Waals surface area (Å²) in [4.78, 5) is 0. The molecule has 0 fully saturated rings. The van der Waals surface area contributed by atoms with E-state index in [1.807, 2.05) is 12.1 Å². The van der Waals surface area contributed by atoms with E-state index in [4.69, 9.17) is 9.47 Å². The second-order valence-electron chi connectivity index (χ2n) is 4.08. The van der Waals surface area contributed by atoms with Gasteiger partial charge in [0.2, 0.25) is 0 Å². The summed E-state index contributed by atoms with van der Waals surface area (Å²) >= 11 is 3.56. The summed E-state index contributed by atoms with van der Waals surface area (Å²) in [5.41, 5.74) is 1.19. The van der Waals surface area contributed by atoms with Gasteiger partial charge in [0.1, 0.15) is 0 Å². The molecule has 0 aliphatic rings. The van der Waals surface area contributed by atoms with Crippen molar-refractivity contribution in [2.24, 2.45) is 5.92 Å². The van der Waals surface area contributed by atoms with Crippen molar-refractivity contribution in [2.45, 2.75) is 26.7 Å². The smallest absolute Gasteiger partial charge is 0.161 e. The predicted octanol–water partition coefficient (Wildman–Crippen LogP) is 4.06. The van der Waals surface area contributed by atoms with Crippen LogP contribution in [0.5, 0.6) is 11.5 Å². The third-order valence-electron chi connectivity index (χ3n) is 2.60. The summed E-state index contributed by atoms with van der Waals surface area (Å²) in [5, 5.41) is 0. The number of benzene rings is 1. The van der Waals surface area contributed by atoms with E-state index in [2.05, 4.69) is 41.6 Å². The van der Waals surface area contributed by atoms with Crippen LogP contribution in [-0.2, 0) is 6.42 Å². The SMILES string of the molecule is CCC#CC(C)Cc1cc(OC)c(OC)cc1Br. The fourth-order valence-corrected chi connectivity index (χ4v) is 2.19. The van der Waals surface area contributed by atoms with E-state index in [-0.39, 0.29) is 0 Å². The molecule has 3 heteroatoms. The number of halogens is 1. The molecule has 1 aromatic carbocycles. The molecular weight excluding hydrogens is 292 g/mol. The third kappa shape index (κ3) is 3.96. The van der Waals surface area contributed by atoms with E-state index in [9.17, 15) is 0 Å². The Morgan fingerprint density at radius 2 is 1.83 bits per heavy atom. The minimum absolute atomic E-state index is 0.333. The van der Waals surface area contributed by atoms with Crippen LogP contribution in [-0.4, -0.2) is 14.2 Å². The molecule has 2 nitrogen and oxygen atoms in total. The lowest BCUT2D eigenvalue weighted by Crippen LogP contribution is -2.00. The Morgan fingerprint density at radius 3 is 2.39 bits per heavy atom. The fraction of sp³-hybridized carbons (Fsp3) is 0.467. The Hall–Kier alpha value is -1.14. The van der Waals surface area contributed by atoms with Gasteiger partial charge in [0.05, 0.1) is 14.2 Å². The van der Waals surface area contributed by atoms with Crippen molar-refractivity contribution in [2.75, 3.05) is 14.2 Å². The number of ether oxygens (including phenoxy) is 2. The summed E-state index contributed by atoms with van der Waals surface area (Å²) in [6.45, 7) is 4.19. The van der Waals surface area contributed by atoms with E-state index in [1.54, 1.807) is 14.2 Å². The van der Waals surface area contributed by atoms with Crippen LogP contribution in [0.25, 0.3) is 0 Å². The Labute approximate surface area is 118 Å². The first-order chi connectivity index (χ1) is 8.62. The van der Waals surface area contributed by atoms with Gasteiger partial charge in [-0.3, -0.25) is 0 Å². The molecule has 0 amide bonds. The van der Waals surface area contributed by atoms with Crippen molar-refractivity contribution in [1.29, 1.82) is 0 Å². The first-order valence-corrected chi connectivity index (χ1v) is 6.80. The van der Waals surface area contributed by atoms with Gasteiger partial charge in [-0.15, -0.1) is 5.92 Å². The van der Waals surface area contributed by atoms with Crippen LogP contribution in [0.2, 0.25) is 0 Å². The zero-order valence-corrected chi connectivity index (χ0v) is 12.9. The molecule has 1 atom stereocenters. The normalized spacial score (nSPS) is 11.4. The molecule has 0 saturated carbocycles. The zero-order valence-electron chi connectivity index (χ0n) is 11.3. The molecule has 0 N–H and O–H groups in total. The minimum atomic E-state index is 0.333. The predicted molar refractivity (Wildman–Crippen MR) is 78.2 cm³/mol. The van der Waals surface area contributed by atoms with Crippen LogP contribution >= 0.6 is 15.9 Å². The summed E-state index contributed by atoms with van der Waals surface area (Å²) in [7, 11) is 3.29. The molecule has 0 heterocycles. The van der Waals surface area contributed by atoms with Crippen molar-refractivity contribution in [3.63, 3.8) is 0 Å². The van der Waals surface area contributed by atoms with Crippen LogP contribution < -0.4 is 9.47 Å². The van der Waals surface area contributed by atoms with Gasteiger partial charge in [-0.2, -0.15) is 0 Å². The van der Waals surface area contributed by atoms with Gasteiger partial charge in [-0.05, 0) is 24.1 Å². The van der Waals surface area contributed by atoms with Crippen molar-refractivity contribution in [1.82, 2.24) is 0 Å². The van der Waals surface area contributed by atoms with Gasteiger partial charge in [0.25, 0.3) is 0 Å². The van der Waals surface area contributed by atoms with Gasteiger partial charge < -0.3 is 9.47 Å². The molecular formula is C15H19BrO2. The highest BCUT2D eigenvalue weighted by molar-refractivity contribution is 9.10. The Bertz CT molecular complexity index is 458. The molecule has 1 aromatic rings. The third-order valence-corrected chi connectivity index (χ3v) is 3.34. The van der Waals surface area contributed by atoms with E-state index in [0.29, 0.717) is 5.92 Å². The summed E-state index contributed by atoms with van der Waals surface area (Å²) in [5.74, 6) is 8.17. The lowest BCUT2D eigenvalue weighted by atomic mass is 10.0. The van der Waals surface area contributed by atoms with E-state index in [0.717, 1.165) is 28.8 Å². The van der Waals surface area contributed by atoms with Gasteiger partial charge in [0.15, 0.2) is 11.5 Å². The number of hydrogen-bond acceptors (Lipinski definition) is 2. The molecule has 0 bridgehead atoms. The number of hydrogen-bond donors (Lipinski definition) is 0. The molecule has 0 spiro atoms. The molecule has 0 radical (unpaired) electrons. The van der Waals surface area contributed by atoms with Crippen LogP contribution in [0, 0.1) is 17.8 Å². The molecule has 0 aliphatic carbocycles. The van der Waals surface area contributed by atoms with E-state index >= 15 is 0 Å². The van der Waals surface area contributed by atoms with Crippen molar-refractivity contribution in [3.8, 4) is 23.3 Å². The average Bonchev–Trinajstić information content (AvgIpc) is 2.38. The number of rotatable bonds is 4. The topological polar surface area (TPSA) is 18.5 Å². The fourth-order valence-electron chi connectivity index (χ4n) is 1.71. The van der Waals surface area contributed by atoms with Gasteiger partial charge in [-0.25, -0.2) is 0 Å². The van der Waals surface area contributed by atoms with Crippen LogP contribution in [0.15, 0.2) is 16.6 Å². The summed E-state index contributed by atoms with van der Waals surface area (Å²) in [6.07, 6.45) is 1.80. The second kappa shape index (κ2) is 7.33. The molecule has 98 valence electrons. The highest BCUT2D eigenvalue weighted by Crippen LogP contribution is 2.34. The summed E-state index contributed by atoms with van der Waals surface area (Å²) < 4.78 is 11.6. The maximum absolute atomic E-state index is 5.31. The Kier molecular flexibility index (Phi) is 6.07. The van der Waals surface area contributed by atoms with Crippen molar-refractivity contribution >= 4 is 15.9 Å². The molecule has 18 heavy (non-hydrogen) atoms. The standard InChI is InChI=1S/C15H19BrO2/c1-5-6-7-11(2)8-12-9-14(17-3)15(18-4)10-13(12)16/h9-11H,5,8H2,1-4H3. The Morgan fingerprint density at radius 1 is 1.22 bits per heavy atom. The lowest BCUT2D eigenvalue weighted by Gasteiger charge is -2.13. The van der Waals surface area contributed by atoms with Crippen LogP contribution in [0.1, 0.15) is 25.8 Å². The van der Waals surface area contributed by atoms with E-state index < -0.39 is 0 Å². The second-order valence-corrected chi connectivity index (χ2v) is 4.93. The van der Waals surface area contributed by atoms with Gasteiger partial charge in [-0.1, -0.05) is 35.7 Å². The molecule has 1 unspecified atom stereocenters. The maximum Gasteiger partial charge on any atom is 0.161 e. The number of methoxy groups -OCH3 is 2. The quantitative estimate of drug-likeness (QED) is 0.781. The molecule has 0 saturated heterocycles. The lowest BCUT2D eigenvalue weighted by molar-refractivity contribution is 0.354. The van der Waals surface area contributed by atoms with Crippen LogP contribution in [0.4, 0.5) is 0 Å². The van der Waals surface area contributed by atoms with Crippen LogP contribution in [0.3, 0.4) is 0 Å². The maximum atomic E-state index is 5.31. The summed E-state index contributed by atoms with van der Waals surface area (Å²) in [6, 6.07) is 3.95. The monoisotopic (exact) mass is 310 g/mol. The highest BCUT2D eigenvalue weighted by Gasteiger charge is 2.11. The van der Waals surface area contributed by atoms with E-state index in [1.165, 1.54) is 5.56 Å². The first-order valence-electron chi connectivity index (χ1n) is 6.01. The average molecular weight is 311 g/mol. The van der Waals surface area contributed by atoms with Gasteiger partial charge >= 0.3 is 0 Å². The molecule has 1 rings (SSSR count). The van der Waals surface area contributed by atoms with Crippen molar-refractivity contribution in [3.05, 3.63) is 22.2 Å². The molecule has 0 aliphatic heterocycles. The minimum Gasteiger partial charge on any atom is -0.493 e. The zero-order chi connectivity index (χ0) is 13.5. The first kappa shape index (κ1) is 14.9. The van der Waals surface area contributed by atoms with Crippen molar-refractivity contribution < 1.29 is 9.47 Å². The Balaban J connectivity index is 2.95. The highest BCUT2D eigenvalue weighted by atomic mass is 79.9. The molecule has 0 aromatic heterocycles. The van der Waals surface area contributed by atoms with Gasteiger partial charge in [0, 0.05) is 16.8 Å².